The second-order valence-corrected chi connectivity index (χ2v) is 10.9. The van der Waals surface area contributed by atoms with Crippen molar-refractivity contribution in [1.82, 2.24) is 24.7 Å². The summed E-state index contributed by atoms with van der Waals surface area (Å²) < 4.78 is 1.23. The third-order valence-corrected chi connectivity index (χ3v) is 8.48. The summed E-state index contributed by atoms with van der Waals surface area (Å²) in [4.78, 5) is 10.7. The van der Waals surface area contributed by atoms with Crippen molar-refractivity contribution in [3.63, 3.8) is 0 Å². The number of nitrogens with zero attached hydrogens (tertiary/aromatic N) is 5. The maximum atomic E-state index is 9.45. The molecular formula is C24H38N10O2. The first kappa shape index (κ1) is 24.4. The zero-order chi connectivity index (χ0) is 25.4. The molecule has 2 aromatic rings. The fourth-order valence-corrected chi connectivity index (χ4v) is 6.46. The van der Waals surface area contributed by atoms with E-state index in [4.69, 9.17) is 22.3 Å². The second-order valence-electron chi connectivity index (χ2n) is 10.9. The molecule has 3 atom stereocenters. The Balaban J connectivity index is 0.000000148. The molecule has 0 aromatic carbocycles. The molecular weight excluding hydrogens is 460 g/mol. The Hall–Kier alpha value is -3.28. The van der Waals surface area contributed by atoms with Crippen LogP contribution in [0.5, 0.6) is 0 Å². The van der Waals surface area contributed by atoms with E-state index in [1.807, 2.05) is 0 Å². The molecule has 0 radical (unpaired) electrons. The highest BCUT2D eigenvalue weighted by atomic mass is 16.5. The molecule has 2 aliphatic carbocycles. The lowest BCUT2D eigenvalue weighted by atomic mass is 9.74. The molecule has 3 unspecified atom stereocenters. The fourth-order valence-electron chi connectivity index (χ4n) is 6.46. The molecule has 12 heteroatoms. The molecule has 4 aliphatic heterocycles. The molecule has 0 amide bonds. The molecule has 12 nitrogen and oxygen atoms in total. The Morgan fingerprint density at radius 3 is 2.00 bits per heavy atom. The van der Waals surface area contributed by atoms with Crippen LogP contribution in [0, 0.1) is 34.5 Å². The van der Waals surface area contributed by atoms with E-state index in [1.165, 1.54) is 38.5 Å². The first-order valence-corrected chi connectivity index (χ1v) is 13.0. The van der Waals surface area contributed by atoms with Gasteiger partial charge in [0, 0.05) is 31.1 Å². The second kappa shape index (κ2) is 10.00. The van der Waals surface area contributed by atoms with Crippen LogP contribution in [0.25, 0.3) is 0 Å². The van der Waals surface area contributed by atoms with Crippen molar-refractivity contribution in [3.8, 4) is 0 Å². The van der Waals surface area contributed by atoms with Crippen molar-refractivity contribution in [3.05, 3.63) is 28.8 Å². The van der Waals surface area contributed by atoms with E-state index in [1.54, 1.807) is 12.1 Å². The number of hydrogen-bond donors (Lipinski definition) is 7. The van der Waals surface area contributed by atoms with Crippen molar-refractivity contribution < 1.29 is 10.4 Å². The molecule has 6 fully saturated rings. The largest absolute Gasteiger partial charge is 0.423 e. The third kappa shape index (κ3) is 4.99. The zero-order valence-electron chi connectivity index (χ0n) is 20.6. The van der Waals surface area contributed by atoms with Crippen LogP contribution >= 0.6 is 0 Å². The SMILES string of the molecule is N=c1cc(C2CC3CCC2CNC3)nc(N)n1O.N=c1cc(N2CC3CCC(CC3)C2)nc(N)n1O. The van der Waals surface area contributed by atoms with Crippen molar-refractivity contribution >= 4 is 17.7 Å². The van der Waals surface area contributed by atoms with Gasteiger partial charge in [0.15, 0.2) is 11.0 Å². The molecule has 6 heterocycles. The van der Waals surface area contributed by atoms with E-state index in [0.29, 0.717) is 27.2 Å². The molecule has 2 aromatic heterocycles. The van der Waals surface area contributed by atoms with Crippen LogP contribution < -0.4 is 32.7 Å². The van der Waals surface area contributed by atoms with Gasteiger partial charge in [-0.05, 0) is 81.7 Å². The molecule has 196 valence electrons. The van der Waals surface area contributed by atoms with E-state index in [2.05, 4.69) is 20.2 Å². The highest BCUT2D eigenvalue weighted by Gasteiger charge is 2.35. The van der Waals surface area contributed by atoms with Gasteiger partial charge in [-0.2, -0.15) is 4.98 Å². The van der Waals surface area contributed by atoms with Gasteiger partial charge in [-0.15, -0.1) is 9.46 Å². The van der Waals surface area contributed by atoms with Crippen LogP contribution in [0.1, 0.15) is 56.6 Å². The van der Waals surface area contributed by atoms with Gasteiger partial charge in [-0.3, -0.25) is 10.8 Å². The number of fused-ring (bicyclic) bond motifs is 8. The predicted octanol–water partition coefficient (Wildman–Crippen LogP) is 1.09. The summed E-state index contributed by atoms with van der Waals surface area (Å²) in [5, 5.41) is 37.7. The lowest BCUT2D eigenvalue weighted by Crippen LogP contribution is -2.32. The van der Waals surface area contributed by atoms with Crippen molar-refractivity contribution in [2.45, 2.75) is 50.9 Å². The highest BCUT2D eigenvalue weighted by Crippen LogP contribution is 2.41. The molecule has 9 N–H and O–H groups in total. The van der Waals surface area contributed by atoms with E-state index < -0.39 is 0 Å². The molecule has 6 aliphatic rings. The molecule has 8 rings (SSSR count). The Morgan fingerprint density at radius 1 is 0.806 bits per heavy atom. The molecule has 0 spiro atoms. The van der Waals surface area contributed by atoms with Crippen LogP contribution in [-0.2, 0) is 0 Å². The first-order valence-electron chi connectivity index (χ1n) is 13.0. The Bertz CT molecular complexity index is 1180. The lowest BCUT2D eigenvalue weighted by Gasteiger charge is -2.31. The summed E-state index contributed by atoms with van der Waals surface area (Å²) in [6.07, 6.45) is 8.82. The number of aromatic nitrogens is 4. The monoisotopic (exact) mass is 498 g/mol. The smallest absolute Gasteiger partial charge is 0.238 e. The average molecular weight is 499 g/mol. The van der Waals surface area contributed by atoms with Gasteiger partial charge in [-0.1, -0.05) is 0 Å². The number of anilines is 3. The summed E-state index contributed by atoms with van der Waals surface area (Å²) in [6.45, 7) is 4.10. The number of hydrogen-bond acceptors (Lipinski definition) is 10. The number of nitrogens with one attached hydrogen (secondary N) is 3. The molecule has 4 saturated heterocycles. The maximum absolute atomic E-state index is 9.45. The zero-order valence-corrected chi connectivity index (χ0v) is 20.6. The van der Waals surface area contributed by atoms with Gasteiger partial charge in [-0.25, -0.2) is 4.98 Å². The minimum Gasteiger partial charge on any atom is -0.423 e. The summed E-state index contributed by atoms with van der Waals surface area (Å²) >= 11 is 0. The van der Waals surface area contributed by atoms with Crippen LogP contribution in [0.4, 0.5) is 17.7 Å². The third-order valence-electron chi connectivity index (χ3n) is 8.48. The van der Waals surface area contributed by atoms with Gasteiger partial charge in [0.2, 0.25) is 11.9 Å². The van der Waals surface area contributed by atoms with Crippen molar-refractivity contribution in [1.29, 1.82) is 10.8 Å². The summed E-state index contributed by atoms with van der Waals surface area (Å²) in [5.41, 5.74) is 12.1. The highest BCUT2D eigenvalue weighted by molar-refractivity contribution is 5.41. The first-order chi connectivity index (χ1) is 17.3. The van der Waals surface area contributed by atoms with Gasteiger partial charge in [0.1, 0.15) is 5.82 Å². The average Bonchev–Trinajstić information content (AvgIpc) is 3.38. The van der Waals surface area contributed by atoms with Crippen LogP contribution in [0.2, 0.25) is 0 Å². The molecule has 4 bridgehead atoms. The number of nitrogens with two attached hydrogens (primary N) is 2. The Labute approximate surface area is 209 Å². The summed E-state index contributed by atoms with van der Waals surface area (Å²) in [5.74, 6) is 3.83. The van der Waals surface area contributed by atoms with Gasteiger partial charge in [0.25, 0.3) is 0 Å². The normalized spacial score (nSPS) is 29.2. The summed E-state index contributed by atoms with van der Waals surface area (Å²) in [6, 6.07) is 3.23. The summed E-state index contributed by atoms with van der Waals surface area (Å²) in [7, 11) is 0. The van der Waals surface area contributed by atoms with E-state index in [0.717, 1.165) is 55.9 Å². The van der Waals surface area contributed by atoms with E-state index >= 15 is 0 Å². The number of rotatable bonds is 2. The topological polar surface area (TPSA) is 191 Å². The van der Waals surface area contributed by atoms with Crippen molar-refractivity contribution in [2.75, 3.05) is 42.5 Å². The van der Waals surface area contributed by atoms with E-state index in [9.17, 15) is 10.4 Å². The van der Waals surface area contributed by atoms with Crippen LogP contribution in [0.3, 0.4) is 0 Å². The molecule has 2 saturated carbocycles. The maximum Gasteiger partial charge on any atom is 0.238 e. The minimum absolute atomic E-state index is 0.00517. The lowest BCUT2D eigenvalue weighted by molar-refractivity contribution is 0.172. The van der Waals surface area contributed by atoms with Crippen LogP contribution in [-0.4, -0.2) is 56.0 Å². The Kier molecular flexibility index (Phi) is 6.78. The van der Waals surface area contributed by atoms with Crippen molar-refractivity contribution in [2.24, 2.45) is 23.7 Å². The molecule has 36 heavy (non-hydrogen) atoms. The quantitative estimate of drug-likeness (QED) is 0.299. The predicted molar refractivity (Wildman–Crippen MR) is 133 cm³/mol. The van der Waals surface area contributed by atoms with Gasteiger partial charge >= 0.3 is 0 Å². The number of nitrogen functional groups attached to an aromatic ring is 2. The standard InChI is InChI=1S/2C12H19N5O/c13-11-4-10(16-12(14)17(11)18)9-3-7-1-2-8(9)6-15-5-7;13-10-5-11(15-12(14)17(10)18)16-6-8-1-2-9(7-16)4-3-8/h4,7-9,13,15,18H,1-3,5-6H2,(H2,14,16);5,8-9,13,18H,1-4,6-7H2,(H2,14,15). The van der Waals surface area contributed by atoms with E-state index in [-0.39, 0.29) is 22.9 Å². The van der Waals surface area contributed by atoms with Gasteiger partial charge < -0.3 is 32.1 Å². The minimum atomic E-state index is -0.0194. The van der Waals surface area contributed by atoms with Crippen LogP contribution in [0.15, 0.2) is 12.1 Å². The fraction of sp³-hybridized carbons (Fsp3) is 0.667. The van der Waals surface area contributed by atoms with Gasteiger partial charge in [0.05, 0.1) is 5.69 Å². The Morgan fingerprint density at radius 2 is 1.39 bits per heavy atom.